The first kappa shape index (κ1) is 27.5. The molecule has 2 heteroatoms. The fourth-order valence-electron chi connectivity index (χ4n) is 4.39. The molecule has 0 aliphatic heterocycles. The van der Waals surface area contributed by atoms with Crippen LogP contribution in [-0.2, 0) is 4.79 Å². The highest BCUT2D eigenvalue weighted by atomic mass is 16.4. The average Bonchev–Trinajstić information content (AvgIpc) is 2.69. The molecule has 1 atom stereocenters. The van der Waals surface area contributed by atoms with Gasteiger partial charge >= 0.3 is 5.97 Å². The molecule has 0 rings (SSSR count). The number of carboxylic acids is 1. The Kier molecular flexibility index (Phi) is 19.4. The molecule has 0 fully saturated rings. The molecular formula is C26H52O2. The SMILES string of the molecule is CCCCCCCCCCCCCCCCC(CC)(CCCCCC)C(=O)O. The molecule has 0 aliphatic rings. The minimum absolute atomic E-state index is 0.454. The van der Waals surface area contributed by atoms with Gasteiger partial charge in [0, 0.05) is 0 Å². The summed E-state index contributed by atoms with van der Waals surface area (Å²) in [5.41, 5.74) is -0.454. The average molecular weight is 397 g/mol. The van der Waals surface area contributed by atoms with E-state index < -0.39 is 11.4 Å². The Morgan fingerprint density at radius 3 is 1.11 bits per heavy atom. The normalized spacial score (nSPS) is 13.5. The minimum atomic E-state index is -0.554. The number of carbonyl (C=O) groups is 1. The lowest BCUT2D eigenvalue weighted by Gasteiger charge is -2.28. The highest BCUT2D eigenvalue weighted by Gasteiger charge is 2.35. The molecular weight excluding hydrogens is 344 g/mol. The third-order valence-corrected chi connectivity index (χ3v) is 6.65. The van der Waals surface area contributed by atoms with Crippen LogP contribution in [0.15, 0.2) is 0 Å². The van der Waals surface area contributed by atoms with Crippen LogP contribution in [0.5, 0.6) is 0 Å². The smallest absolute Gasteiger partial charge is 0.309 e. The Hall–Kier alpha value is -0.530. The van der Waals surface area contributed by atoms with Crippen LogP contribution in [0.25, 0.3) is 0 Å². The van der Waals surface area contributed by atoms with E-state index in [-0.39, 0.29) is 0 Å². The van der Waals surface area contributed by atoms with E-state index in [9.17, 15) is 9.90 Å². The van der Waals surface area contributed by atoms with Crippen LogP contribution in [0.2, 0.25) is 0 Å². The lowest BCUT2D eigenvalue weighted by Crippen LogP contribution is -2.30. The van der Waals surface area contributed by atoms with Crippen molar-refractivity contribution in [3.8, 4) is 0 Å². The van der Waals surface area contributed by atoms with Crippen LogP contribution in [0.1, 0.15) is 156 Å². The van der Waals surface area contributed by atoms with Crippen LogP contribution in [0.4, 0.5) is 0 Å². The van der Waals surface area contributed by atoms with Gasteiger partial charge in [-0.3, -0.25) is 4.79 Å². The predicted molar refractivity (Wildman–Crippen MR) is 124 cm³/mol. The van der Waals surface area contributed by atoms with Gasteiger partial charge in [-0.2, -0.15) is 0 Å². The summed E-state index contributed by atoms with van der Waals surface area (Å²) in [6.45, 7) is 6.55. The van der Waals surface area contributed by atoms with Gasteiger partial charge in [-0.25, -0.2) is 0 Å². The Labute approximate surface area is 177 Å². The fraction of sp³-hybridized carbons (Fsp3) is 0.962. The van der Waals surface area contributed by atoms with Gasteiger partial charge in [-0.1, -0.05) is 136 Å². The van der Waals surface area contributed by atoms with Crippen molar-refractivity contribution in [2.24, 2.45) is 5.41 Å². The maximum Gasteiger partial charge on any atom is 0.309 e. The van der Waals surface area contributed by atoms with E-state index in [1.54, 1.807) is 0 Å². The molecule has 1 unspecified atom stereocenters. The number of aliphatic carboxylic acids is 1. The third-order valence-electron chi connectivity index (χ3n) is 6.65. The zero-order chi connectivity index (χ0) is 20.9. The number of hydrogen-bond acceptors (Lipinski definition) is 1. The Morgan fingerprint density at radius 2 is 0.821 bits per heavy atom. The molecule has 1 N–H and O–H groups in total. The van der Waals surface area contributed by atoms with Crippen LogP contribution >= 0.6 is 0 Å². The summed E-state index contributed by atoms with van der Waals surface area (Å²) in [5.74, 6) is -0.554. The van der Waals surface area contributed by atoms with Gasteiger partial charge in [-0.15, -0.1) is 0 Å². The van der Waals surface area contributed by atoms with Gasteiger partial charge < -0.3 is 5.11 Å². The molecule has 168 valence electrons. The summed E-state index contributed by atoms with van der Waals surface area (Å²) in [6.07, 6.45) is 26.2. The highest BCUT2D eigenvalue weighted by molar-refractivity contribution is 5.74. The first-order valence-corrected chi connectivity index (χ1v) is 12.9. The molecule has 2 nitrogen and oxygen atoms in total. The zero-order valence-corrected chi connectivity index (χ0v) is 19.7. The molecule has 0 spiro atoms. The first-order valence-electron chi connectivity index (χ1n) is 12.9. The van der Waals surface area contributed by atoms with Gasteiger partial charge in [0.15, 0.2) is 0 Å². The second kappa shape index (κ2) is 19.8. The summed E-state index contributed by atoms with van der Waals surface area (Å²) in [4.78, 5) is 11.9. The van der Waals surface area contributed by atoms with E-state index in [2.05, 4.69) is 20.8 Å². The number of rotatable bonds is 22. The second-order valence-corrected chi connectivity index (χ2v) is 9.10. The molecule has 0 saturated heterocycles. The lowest BCUT2D eigenvalue weighted by atomic mass is 9.76. The van der Waals surface area contributed by atoms with Crippen LogP contribution in [0, 0.1) is 5.41 Å². The standard InChI is InChI=1S/C26H52O2/c1-4-7-9-11-12-13-14-15-16-17-18-19-20-22-24-26(6-3,25(27)28)23-21-10-8-5-2/h4-24H2,1-3H3,(H,27,28). The van der Waals surface area contributed by atoms with E-state index in [4.69, 9.17) is 0 Å². The van der Waals surface area contributed by atoms with Gasteiger partial charge in [0.2, 0.25) is 0 Å². The van der Waals surface area contributed by atoms with E-state index in [1.807, 2.05) is 0 Å². The molecule has 0 aromatic rings. The summed E-state index contributed by atoms with van der Waals surface area (Å²) in [6, 6.07) is 0. The summed E-state index contributed by atoms with van der Waals surface area (Å²) >= 11 is 0. The molecule has 0 amide bonds. The van der Waals surface area contributed by atoms with E-state index in [0.29, 0.717) is 0 Å². The quantitative estimate of drug-likeness (QED) is 0.185. The minimum Gasteiger partial charge on any atom is -0.481 e. The maximum atomic E-state index is 11.9. The monoisotopic (exact) mass is 396 g/mol. The Bertz CT molecular complexity index is 339. The van der Waals surface area contributed by atoms with Crippen molar-refractivity contribution in [1.82, 2.24) is 0 Å². The third kappa shape index (κ3) is 14.5. The molecule has 28 heavy (non-hydrogen) atoms. The molecule has 0 saturated carbocycles. The van der Waals surface area contributed by atoms with Crippen molar-refractivity contribution in [3.05, 3.63) is 0 Å². The largest absolute Gasteiger partial charge is 0.481 e. The van der Waals surface area contributed by atoms with Gasteiger partial charge in [-0.05, 0) is 19.3 Å². The van der Waals surface area contributed by atoms with Crippen molar-refractivity contribution < 1.29 is 9.90 Å². The number of carboxylic acid groups (broad SMARTS) is 1. The Morgan fingerprint density at radius 1 is 0.536 bits per heavy atom. The van der Waals surface area contributed by atoms with E-state index >= 15 is 0 Å². The van der Waals surface area contributed by atoms with Crippen LogP contribution in [-0.4, -0.2) is 11.1 Å². The summed E-state index contributed by atoms with van der Waals surface area (Å²) in [5, 5.41) is 9.78. The molecule has 0 aliphatic carbocycles. The van der Waals surface area contributed by atoms with Crippen molar-refractivity contribution in [2.45, 2.75) is 156 Å². The maximum absolute atomic E-state index is 11.9. The highest BCUT2D eigenvalue weighted by Crippen LogP contribution is 2.35. The molecule has 0 aromatic heterocycles. The van der Waals surface area contributed by atoms with Crippen LogP contribution < -0.4 is 0 Å². The predicted octanol–water partition coefficient (Wildman–Crippen LogP) is 9.31. The summed E-state index contributed by atoms with van der Waals surface area (Å²) in [7, 11) is 0. The van der Waals surface area contributed by atoms with Crippen molar-refractivity contribution in [3.63, 3.8) is 0 Å². The molecule has 0 aromatic carbocycles. The van der Waals surface area contributed by atoms with Gasteiger partial charge in [0.1, 0.15) is 0 Å². The Balaban J connectivity index is 3.65. The van der Waals surface area contributed by atoms with E-state index in [1.165, 1.54) is 103 Å². The lowest BCUT2D eigenvalue weighted by molar-refractivity contribution is -0.150. The molecule has 0 radical (unpaired) electrons. The van der Waals surface area contributed by atoms with Gasteiger partial charge in [0.25, 0.3) is 0 Å². The zero-order valence-electron chi connectivity index (χ0n) is 19.7. The topological polar surface area (TPSA) is 37.3 Å². The fourth-order valence-corrected chi connectivity index (χ4v) is 4.39. The first-order chi connectivity index (χ1) is 13.6. The van der Waals surface area contributed by atoms with Crippen molar-refractivity contribution >= 4 is 5.97 Å². The van der Waals surface area contributed by atoms with E-state index in [0.717, 1.165) is 32.1 Å². The van der Waals surface area contributed by atoms with Crippen molar-refractivity contribution in [1.29, 1.82) is 0 Å². The summed E-state index contributed by atoms with van der Waals surface area (Å²) < 4.78 is 0. The molecule has 0 bridgehead atoms. The van der Waals surface area contributed by atoms with Crippen LogP contribution in [0.3, 0.4) is 0 Å². The van der Waals surface area contributed by atoms with Crippen molar-refractivity contribution in [2.75, 3.05) is 0 Å². The molecule has 0 heterocycles. The number of hydrogen-bond donors (Lipinski definition) is 1. The number of unbranched alkanes of at least 4 members (excludes halogenated alkanes) is 16. The second-order valence-electron chi connectivity index (χ2n) is 9.10. The van der Waals surface area contributed by atoms with Gasteiger partial charge in [0.05, 0.1) is 5.41 Å².